The van der Waals surface area contributed by atoms with Crippen LogP contribution in [0.25, 0.3) is 4.98 Å². The average Bonchev–Trinajstić information content (AvgIpc) is 2.50. The number of diazo groups is 1. The molecule has 2 aromatic carbocycles. The summed E-state index contributed by atoms with van der Waals surface area (Å²) in [6, 6.07) is 9.06. The highest BCUT2D eigenvalue weighted by atomic mass is 79.9. The molecule has 0 spiro atoms. The maximum atomic E-state index is 8.85. The van der Waals surface area contributed by atoms with Crippen LogP contribution in [0.1, 0.15) is 25.3 Å². The monoisotopic (exact) mass is 460 g/mol. The van der Waals surface area contributed by atoms with Gasteiger partial charge in [0.25, 0.3) is 0 Å². The Morgan fingerprint density at radius 1 is 1.09 bits per heavy atom. The molecular weight excluding hydrogens is 447 g/mol. The van der Waals surface area contributed by atoms with Crippen molar-refractivity contribution in [2.24, 2.45) is 0 Å². The average molecular weight is 463 g/mol. The fourth-order valence-corrected chi connectivity index (χ4v) is 3.37. The molecule has 0 saturated carbocycles. The molecule has 7 heteroatoms. The maximum absolute atomic E-state index is 8.85. The highest BCUT2D eigenvalue weighted by Gasteiger charge is 2.17. The molecule has 0 fully saturated rings. The van der Waals surface area contributed by atoms with E-state index in [1.165, 1.54) is 0 Å². The second-order valence-corrected chi connectivity index (χ2v) is 6.71. The Morgan fingerprint density at radius 3 is 2.17 bits per heavy atom. The number of nitrogens with zero attached hydrogens (tertiary/aromatic N) is 2. The molecule has 122 valence electrons. The van der Waals surface area contributed by atoms with Crippen molar-refractivity contribution < 1.29 is 21.9 Å². The molecule has 0 saturated heterocycles. The third kappa shape index (κ3) is 4.60. The Kier molecular flexibility index (Phi) is 7.33. The lowest BCUT2D eigenvalue weighted by molar-refractivity contribution is -0.00000538. The summed E-state index contributed by atoms with van der Waals surface area (Å²) >= 11 is 6.84. The van der Waals surface area contributed by atoms with Gasteiger partial charge in [0.2, 0.25) is 5.39 Å². The SMILES string of the molecule is COc1ccc(Oc2c(Br)cc([N+]#N)cc2Br)cc1C(C)C.[Cl-]. The number of hydrogen-bond acceptors (Lipinski definition) is 3. The second kappa shape index (κ2) is 8.53. The molecule has 0 N–H and O–H groups in total. The van der Waals surface area contributed by atoms with Crippen LogP contribution in [0.3, 0.4) is 0 Å². The smallest absolute Gasteiger partial charge is 0.387 e. The number of ether oxygens (including phenoxy) is 2. The second-order valence-electron chi connectivity index (χ2n) is 5.00. The van der Waals surface area contributed by atoms with E-state index in [-0.39, 0.29) is 12.4 Å². The predicted molar refractivity (Wildman–Crippen MR) is 93.7 cm³/mol. The van der Waals surface area contributed by atoms with Gasteiger partial charge in [0.1, 0.15) is 11.5 Å². The fraction of sp³-hybridized carbons (Fsp3) is 0.250. The van der Waals surface area contributed by atoms with Crippen LogP contribution in [-0.4, -0.2) is 7.11 Å². The zero-order valence-corrected chi connectivity index (χ0v) is 16.7. The topological polar surface area (TPSA) is 46.6 Å². The van der Waals surface area contributed by atoms with E-state index in [0.717, 1.165) is 11.3 Å². The molecular formula is C16H15Br2ClN2O2. The molecule has 0 aliphatic heterocycles. The number of benzene rings is 2. The van der Waals surface area contributed by atoms with Crippen molar-refractivity contribution in [3.8, 4) is 17.2 Å². The van der Waals surface area contributed by atoms with Gasteiger partial charge in [-0.3, -0.25) is 0 Å². The van der Waals surface area contributed by atoms with Gasteiger partial charge in [-0.15, -0.1) is 0 Å². The molecule has 2 rings (SSSR count). The molecule has 0 atom stereocenters. The first-order valence-corrected chi connectivity index (χ1v) is 8.24. The van der Waals surface area contributed by atoms with Gasteiger partial charge in [0.15, 0.2) is 10.7 Å². The number of methoxy groups -OCH3 is 1. The van der Waals surface area contributed by atoms with E-state index in [0.29, 0.717) is 32.0 Å². The molecule has 23 heavy (non-hydrogen) atoms. The third-order valence-electron chi connectivity index (χ3n) is 3.14. The van der Waals surface area contributed by atoms with E-state index in [1.807, 2.05) is 18.2 Å². The van der Waals surface area contributed by atoms with Gasteiger partial charge >= 0.3 is 5.69 Å². The summed E-state index contributed by atoms with van der Waals surface area (Å²) in [7, 11) is 1.66. The zero-order valence-electron chi connectivity index (χ0n) is 12.8. The molecule has 0 bridgehead atoms. The largest absolute Gasteiger partial charge is 1.00 e. The highest BCUT2D eigenvalue weighted by molar-refractivity contribution is 9.11. The molecule has 0 unspecified atom stereocenters. The van der Waals surface area contributed by atoms with Crippen molar-refractivity contribution in [3.05, 3.63) is 49.8 Å². The van der Waals surface area contributed by atoms with E-state index in [9.17, 15) is 0 Å². The molecule has 4 nitrogen and oxygen atoms in total. The van der Waals surface area contributed by atoms with Gasteiger partial charge in [-0.25, -0.2) is 0 Å². The quantitative estimate of drug-likeness (QED) is 0.652. The van der Waals surface area contributed by atoms with Crippen molar-refractivity contribution in [1.29, 1.82) is 5.39 Å². The van der Waals surface area contributed by atoms with Crippen molar-refractivity contribution >= 4 is 37.5 Å². The number of rotatable bonds is 4. The van der Waals surface area contributed by atoms with Crippen LogP contribution in [0.5, 0.6) is 17.2 Å². The molecule has 0 amide bonds. The van der Waals surface area contributed by atoms with Crippen LogP contribution >= 0.6 is 31.9 Å². The summed E-state index contributed by atoms with van der Waals surface area (Å²) in [5, 5.41) is 8.85. The zero-order chi connectivity index (χ0) is 16.3. The summed E-state index contributed by atoms with van der Waals surface area (Å²) in [4.78, 5) is 3.17. The van der Waals surface area contributed by atoms with Crippen molar-refractivity contribution in [1.82, 2.24) is 0 Å². The summed E-state index contributed by atoms with van der Waals surface area (Å²) in [5.41, 5.74) is 1.51. The Morgan fingerprint density at radius 2 is 1.70 bits per heavy atom. The third-order valence-corrected chi connectivity index (χ3v) is 4.32. The van der Waals surface area contributed by atoms with Gasteiger partial charge in [-0.1, -0.05) is 13.8 Å². The molecule has 0 radical (unpaired) electrons. The number of halogens is 3. The summed E-state index contributed by atoms with van der Waals surface area (Å²) < 4.78 is 12.7. The van der Waals surface area contributed by atoms with Gasteiger partial charge in [0, 0.05) is 5.56 Å². The van der Waals surface area contributed by atoms with Crippen LogP contribution < -0.4 is 21.9 Å². The van der Waals surface area contributed by atoms with Gasteiger partial charge in [0.05, 0.1) is 28.2 Å². The first-order chi connectivity index (χ1) is 10.5. The minimum atomic E-state index is 0. The summed E-state index contributed by atoms with van der Waals surface area (Å²) in [5.74, 6) is 2.49. The minimum Gasteiger partial charge on any atom is -1.00 e. The molecule has 2 aromatic rings. The number of hydrogen-bond donors (Lipinski definition) is 0. The van der Waals surface area contributed by atoms with E-state index in [4.69, 9.17) is 14.9 Å². The Hall–Kier alpha value is -1.29. The minimum absolute atomic E-state index is 0. The van der Waals surface area contributed by atoms with Crippen LogP contribution in [0.2, 0.25) is 0 Å². The molecule has 0 aliphatic rings. The first-order valence-electron chi connectivity index (χ1n) is 6.66. The Balaban J connectivity index is 0.00000264. The van der Waals surface area contributed by atoms with E-state index in [1.54, 1.807) is 19.2 Å². The lowest BCUT2D eigenvalue weighted by Gasteiger charge is -2.15. The van der Waals surface area contributed by atoms with Crippen LogP contribution in [0.4, 0.5) is 5.69 Å². The highest BCUT2D eigenvalue weighted by Crippen LogP contribution is 2.41. The Bertz CT molecular complexity index is 722. The fourth-order valence-electron chi connectivity index (χ4n) is 2.05. The van der Waals surface area contributed by atoms with Crippen molar-refractivity contribution in [2.75, 3.05) is 7.11 Å². The van der Waals surface area contributed by atoms with Gasteiger partial charge in [-0.2, -0.15) is 0 Å². The predicted octanol–water partition coefficient (Wildman–Crippen LogP) is 3.62. The van der Waals surface area contributed by atoms with Crippen molar-refractivity contribution in [2.45, 2.75) is 19.8 Å². The molecule has 0 aromatic heterocycles. The lowest BCUT2D eigenvalue weighted by Crippen LogP contribution is -3.00. The van der Waals surface area contributed by atoms with E-state index >= 15 is 0 Å². The van der Waals surface area contributed by atoms with E-state index < -0.39 is 0 Å². The standard InChI is InChI=1S/C16H15Br2N2O2.ClH/c1-9(2)12-8-11(4-5-15(12)21-3)22-16-13(17)6-10(20-19)7-14(16)18;/h4-9H,1-3H3;1H/q+1;/p-1. The Labute approximate surface area is 158 Å². The van der Waals surface area contributed by atoms with Crippen LogP contribution in [0, 0.1) is 5.39 Å². The van der Waals surface area contributed by atoms with Gasteiger partial charge in [-0.05, 0) is 56.0 Å². The summed E-state index contributed by atoms with van der Waals surface area (Å²) in [6.45, 7) is 4.20. The normalized spacial score (nSPS) is 9.96. The van der Waals surface area contributed by atoms with E-state index in [2.05, 4.69) is 50.7 Å². The lowest BCUT2D eigenvalue weighted by atomic mass is 10.0. The molecule has 0 aliphatic carbocycles. The summed E-state index contributed by atoms with van der Waals surface area (Å²) in [6.07, 6.45) is 0. The van der Waals surface area contributed by atoms with Crippen LogP contribution in [-0.2, 0) is 0 Å². The molecule has 0 heterocycles. The van der Waals surface area contributed by atoms with Crippen LogP contribution in [0.15, 0.2) is 39.3 Å². The maximum Gasteiger partial charge on any atom is 0.387 e. The first kappa shape index (κ1) is 19.8. The van der Waals surface area contributed by atoms with Gasteiger partial charge < -0.3 is 21.9 Å². The van der Waals surface area contributed by atoms with Crippen molar-refractivity contribution in [3.63, 3.8) is 0 Å².